The number of anilines is 2. The predicted octanol–water partition coefficient (Wildman–Crippen LogP) is 3.37. The third-order valence-electron chi connectivity index (χ3n) is 5.53. The van der Waals surface area contributed by atoms with Gasteiger partial charge in [0.2, 0.25) is 5.91 Å². The molecule has 0 unspecified atom stereocenters. The minimum atomic E-state index is -0.323. The van der Waals surface area contributed by atoms with Crippen molar-refractivity contribution in [1.82, 2.24) is 10.2 Å². The van der Waals surface area contributed by atoms with Gasteiger partial charge >= 0.3 is 6.03 Å². The van der Waals surface area contributed by atoms with Crippen LogP contribution in [0.25, 0.3) is 0 Å². The van der Waals surface area contributed by atoms with Crippen molar-refractivity contribution in [2.24, 2.45) is 0 Å². The van der Waals surface area contributed by atoms with Gasteiger partial charge in [0.15, 0.2) is 0 Å². The third-order valence-corrected chi connectivity index (χ3v) is 5.53. The van der Waals surface area contributed by atoms with Gasteiger partial charge in [-0.25, -0.2) is 4.79 Å². The molecule has 4 amide bonds. The minimum absolute atomic E-state index is 0.0513. The van der Waals surface area contributed by atoms with E-state index in [4.69, 9.17) is 0 Å². The van der Waals surface area contributed by atoms with E-state index in [-0.39, 0.29) is 17.8 Å². The summed E-state index contributed by atoms with van der Waals surface area (Å²) >= 11 is 0. The van der Waals surface area contributed by atoms with Crippen LogP contribution >= 0.6 is 0 Å². The summed E-state index contributed by atoms with van der Waals surface area (Å²) in [5, 5.41) is 5.62. The quantitative estimate of drug-likeness (QED) is 0.799. The predicted molar refractivity (Wildman–Crippen MR) is 115 cm³/mol. The molecular weight excluding hydrogens is 380 g/mol. The Morgan fingerprint density at radius 2 is 1.70 bits per heavy atom. The third kappa shape index (κ3) is 4.62. The summed E-state index contributed by atoms with van der Waals surface area (Å²) < 4.78 is 0. The maximum absolute atomic E-state index is 12.5. The van der Waals surface area contributed by atoms with Gasteiger partial charge in [0.25, 0.3) is 5.91 Å². The Bertz CT molecular complexity index is 936. The zero-order valence-electron chi connectivity index (χ0n) is 16.9. The van der Waals surface area contributed by atoms with Gasteiger partial charge in [-0.15, -0.1) is 0 Å². The highest BCUT2D eigenvalue weighted by Crippen LogP contribution is 2.23. The summed E-state index contributed by atoms with van der Waals surface area (Å²) in [6.45, 7) is 2.70. The van der Waals surface area contributed by atoms with Crippen molar-refractivity contribution >= 4 is 29.2 Å². The Morgan fingerprint density at radius 3 is 2.40 bits per heavy atom. The summed E-state index contributed by atoms with van der Waals surface area (Å²) in [6.07, 6.45) is 3.59. The van der Waals surface area contributed by atoms with Crippen molar-refractivity contribution in [1.29, 1.82) is 0 Å². The molecule has 0 spiro atoms. The highest BCUT2D eigenvalue weighted by Gasteiger charge is 2.21. The van der Waals surface area contributed by atoms with E-state index >= 15 is 0 Å². The van der Waals surface area contributed by atoms with Crippen LogP contribution < -0.4 is 15.5 Å². The van der Waals surface area contributed by atoms with Crippen molar-refractivity contribution in [2.45, 2.75) is 32.2 Å². The molecule has 2 aliphatic heterocycles. The summed E-state index contributed by atoms with van der Waals surface area (Å²) in [5.41, 5.74) is 3.03. The van der Waals surface area contributed by atoms with Crippen molar-refractivity contribution < 1.29 is 14.4 Å². The van der Waals surface area contributed by atoms with Crippen LogP contribution in [-0.4, -0.2) is 42.4 Å². The van der Waals surface area contributed by atoms with Gasteiger partial charge in [0.1, 0.15) is 0 Å². The van der Waals surface area contributed by atoms with Gasteiger partial charge < -0.3 is 20.4 Å². The summed E-state index contributed by atoms with van der Waals surface area (Å²) in [4.78, 5) is 40.2. The van der Waals surface area contributed by atoms with Crippen molar-refractivity contribution in [3.05, 3.63) is 59.7 Å². The molecule has 0 bridgehead atoms. The molecule has 2 N–H and O–H groups in total. The highest BCUT2D eigenvalue weighted by molar-refractivity contribution is 5.96. The normalized spacial score (nSPS) is 16.1. The molecule has 156 valence electrons. The fourth-order valence-electron chi connectivity index (χ4n) is 3.92. The van der Waals surface area contributed by atoms with E-state index in [9.17, 15) is 14.4 Å². The zero-order chi connectivity index (χ0) is 20.9. The molecule has 0 atom stereocenters. The Labute approximate surface area is 176 Å². The maximum Gasteiger partial charge on any atom is 0.319 e. The number of hydrogen-bond donors (Lipinski definition) is 2. The molecule has 7 nitrogen and oxygen atoms in total. The first-order chi connectivity index (χ1) is 14.6. The molecule has 30 heavy (non-hydrogen) atoms. The van der Waals surface area contributed by atoms with E-state index in [1.54, 1.807) is 17.0 Å². The summed E-state index contributed by atoms with van der Waals surface area (Å²) in [5.74, 6) is 0.189. The highest BCUT2D eigenvalue weighted by atomic mass is 16.2. The van der Waals surface area contributed by atoms with Crippen LogP contribution in [0.15, 0.2) is 48.5 Å². The second-order valence-electron chi connectivity index (χ2n) is 7.70. The molecule has 2 fully saturated rings. The van der Waals surface area contributed by atoms with Crippen LogP contribution in [0.3, 0.4) is 0 Å². The Morgan fingerprint density at radius 1 is 0.933 bits per heavy atom. The van der Waals surface area contributed by atoms with Crippen molar-refractivity contribution in [3.63, 3.8) is 0 Å². The van der Waals surface area contributed by atoms with Crippen LogP contribution in [0.4, 0.5) is 16.2 Å². The monoisotopic (exact) mass is 406 g/mol. The number of likely N-dealkylation sites (tertiary alicyclic amines) is 1. The molecular formula is C23H26N4O3. The molecule has 0 aliphatic carbocycles. The number of nitrogens with zero attached hydrogens (tertiary/aromatic N) is 2. The van der Waals surface area contributed by atoms with E-state index in [1.807, 2.05) is 41.3 Å². The fraction of sp³-hybridized carbons (Fsp3) is 0.348. The van der Waals surface area contributed by atoms with E-state index < -0.39 is 0 Å². The molecule has 2 aromatic carbocycles. The number of hydrogen-bond acceptors (Lipinski definition) is 3. The molecule has 7 heteroatoms. The second kappa shape index (κ2) is 8.98. The van der Waals surface area contributed by atoms with Gasteiger partial charge in [-0.2, -0.15) is 0 Å². The van der Waals surface area contributed by atoms with Gasteiger partial charge in [0, 0.05) is 49.5 Å². The molecule has 0 saturated carbocycles. The zero-order valence-corrected chi connectivity index (χ0v) is 16.9. The van der Waals surface area contributed by atoms with Crippen LogP contribution in [0, 0.1) is 0 Å². The first kappa shape index (κ1) is 19.9. The van der Waals surface area contributed by atoms with E-state index in [1.165, 1.54) is 0 Å². The van der Waals surface area contributed by atoms with Gasteiger partial charge in [-0.1, -0.05) is 12.1 Å². The molecule has 2 saturated heterocycles. The minimum Gasteiger partial charge on any atom is -0.339 e. The van der Waals surface area contributed by atoms with Gasteiger partial charge in [-0.3, -0.25) is 9.59 Å². The van der Waals surface area contributed by atoms with E-state index in [0.29, 0.717) is 24.2 Å². The Balaban J connectivity index is 1.30. The van der Waals surface area contributed by atoms with Crippen LogP contribution in [0.1, 0.15) is 41.6 Å². The molecule has 2 heterocycles. The topological polar surface area (TPSA) is 81.8 Å². The number of urea groups is 1. The molecule has 2 aliphatic rings. The van der Waals surface area contributed by atoms with Crippen molar-refractivity contribution in [3.8, 4) is 0 Å². The molecule has 0 aromatic heterocycles. The second-order valence-corrected chi connectivity index (χ2v) is 7.70. The number of carbonyl (C=O) groups is 3. The largest absolute Gasteiger partial charge is 0.339 e. The Kier molecular flexibility index (Phi) is 5.97. The maximum atomic E-state index is 12.5. The number of benzene rings is 2. The molecule has 2 aromatic rings. The number of carbonyl (C=O) groups excluding carboxylic acids is 3. The SMILES string of the molecule is O=C(NCc1cccc(C(=O)N2CCCC2)c1)Nc1ccc(N2CCCC2=O)cc1. The first-order valence-electron chi connectivity index (χ1n) is 10.4. The van der Waals surface area contributed by atoms with Crippen LogP contribution in [0.2, 0.25) is 0 Å². The number of amides is 4. The van der Waals surface area contributed by atoms with E-state index in [2.05, 4.69) is 10.6 Å². The smallest absolute Gasteiger partial charge is 0.319 e. The average Bonchev–Trinajstić information content (AvgIpc) is 3.45. The van der Waals surface area contributed by atoms with Gasteiger partial charge in [0.05, 0.1) is 0 Å². The standard InChI is InChI=1S/C23H26N4O3/c28-21-7-4-14-27(21)20-10-8-19(9-11-20)25-23(30)24-16-17-5-3-6-18(15-17)22(29)26-12-1-2-13-26/h3,5-6,8-11,15H,1-2,4,7,12-14,16H2,(H2,24,25,30). The number of rotatable bonds is 5. The lowest BCUT2D eigenvalue weighted by Gasteiger charge is -2.16. The fourth-order valence-corrected chi connectivity index (χ4v) is 3.92. The van der Waals surface area contributed by atoms with Crippen LogP contribution in [-0.2, 0) is 11.3 Å². The van der Waals surface area contributed by atoms with Crippen LogP contribution in [0.5, 0.6) is 0 Å². The lowest BCUT2D eigenvalue weighted by molar-refractivity contribution is -0.117. The lowest BCUT2D eigenvalue weighted by Crippen LogP contribution is -2.29. The molecule has 0 radical (unpaired) electrons. The summed E-state index contributed by atoms with van der Waals surface area (Å²) in [7, 11) is 0. The lowest BCUT2D eigenvalue weighted by atomic mass is 10.1. The van der Waals surface area contributed by atoms with Crippen molar-refractivity contribution in [2.75, 3.05) is 29.9 Å². The summed E-state index contributed by atoms with van der Waals surface area (Å²) in [6, 6.07) is 14.3. The van der Waals surface area contributed by atoms with Gasteiger partial charge in [-0.05, 0) is 61.2 Å². The Hall–Kier alpha value is -3.35. The first-order valence-corrected chi connectivity index (χ1v) is 10.4. The van der Waals surface area contributed by atoms with E-state index in [0.717, 1.165) is 50.1 Å². The average molecular weight is 406 g/mol. The number of nitrogens with one attached hydrogen (secondary N) is 2. The molecule has 4 rings (SSSR count).